The van der Waals surface area contributed by atoms with Gasteiger partial charge in [0.25, 0.3) is 0 Å². The van der Waals surface area contributed by atoms with Crippen molar-refractivity contribution >= 4 is 6.03 Å². The van der Waals surface area contributed by atoms with Crippen molar-refractivity contribution in [2.45, 2.75) is 25.9 Å². The maximum Gasteiger partial charge on any atom is 0.317 e. The average molecular weight is 317 g/mol. The Morgan fingerprint density at radius 1 is 1.22 bits per heavy atom. The fraction of sp³-hybridized carbons (Fsp3) is 0.611. The summed E-state index contributed by atoms with van der Waals surface area (Å²) in [5.74, 6) is 1.67. The van der Waals surface area contributed by atoms with Gasteiger partial charge in [-0.2, -0.15) is 0 Å². The molecule has 1 N–H and O–H groups in total. The van der Waals surface area contributed by atoms with Gasteiger partial charge in [0, 0.05) is 32.6 Å². The van der Waals surface area contributed by atoms with E-state index in [9.17, 15) is 4.79 Å². The standard InChI is InChI=1S/C18H27N3O2/c1-15-7-10-20(13-15)12-9-19-18(22)21-11-8-17(14-21)23-16-5-3-2-4-6-16/h2-6,15,17H,7-14H2,1H3,(H,19,22)/t15?,17-/m0/s1. The summed E-state index contributed by atoms with van der Waals surface area (Å²) in [6, 6.07) is 9.86. The van der Waals surface area contributed by atoms with E-state index >= 15 is 0 Å². The highest BCUT2D eigenvalue weighted by Gasteiger charge is 2.27. The zero-order valence-electron chi connectivity index (χ0n) is 13.9. The third kappa shape index (κ3) is 4.61. The van der Waals surface area contributed by atoms with Gasteiger partial charge in [0.2, 0.25) is 0 Å². The van der Waals surface area contributed by atoms with Crippen molar-refractivity contribution in [1.82, 2.24) is 15.1 Å². The van der Waals surface area contributed by atoms with Crippen LogP contribution in [0, 0.1) is 5.92 Å². The van der Waals surface area contributed by atoms with Crippen LogP contribution in [0.4, 0.5) is 4.79 Å². The molecule has 23 heavy (non-hydrogen) atoms. The predicted octanol–water partition coefficient (Wildman–Crippen LogP) is 2.19. The van der Waals surface area contributed by atoms with Crippen molar-refractivity contribution in [2.75, 3.05) is 39.3 Å². The van der Waals surface area contributed by atoms with E-state index in [1.54, 1.807) is 0 Å². The Hall–Kier alpha value is -1.75. The van der Waals surface area contributed by atoms with E-state index in [4.69, 9.17) is 4.74 Å². The second-order valence-corrected chi connectivity index (χ2v) is 6.71. The molecule has 5 nitrogen and oxygen atoms in total. The molecule has 2 atom stereocenters. The Morgan fingerprint density at radius 3 is 2.78 bits per heavy atom. The molecule has 0 aromatic heterocycles. The Bertz CT molecular complexity index is 508. The van der Waals surface area contributed by atoms with E-state index in [-0.39, 0.29) is 12.1 Å². The molecule has 0 saturated carbocycles. The summed E-state index contributed by atoms with van der Waals surface area (Å²) in [5.41, 5.74) is 0. The number of para-hydroxylation sites is 1. The Balaban J connectivity index is 1.36. The van der Waals surface area contributed by atoms with Crippen LogP contribution >= 0.6 is 0 Å². The number of hydrogen-bond donors (Lipinski definition) is 1. The van der Waals surface area contributed by atoms with Gasteiger partial charge in [-0.1, -0.05) is 25.1 Å². The number of likely N-dealkylation sites (tertiary alicyclic amines) is 2. The zero-order valence-corrected chi connectivity index (χ0v) is 13.9. The van der Waals surface area contributed by atoms with Crippen LogP contribution in [0.2, 0.25) is 0 Å². The van der Waals surface area contributed by atoms with Gasteiger partial charge in [-0.3, -0.25) is 0 Å². The molecule has 0 bridgehead atoms. The molecule has 2 heterocycles. The molecule has 2 amide bonds. The highest BCUT2D eigenvalue weighted by Crippen LogP contribution is 2.18. The van der Waals surface area contributed by atoms with Gasteiger partial charge in [-0.15, -0.1) is 0 Å². The van der Waals surface area contributed by atoms with Crippen molar-refractivity contribution < 1.29 is 9.53 Å². The molecule has 1 aromatic rings. The number of benzene rings is 1. The smallest absolute Gasteiger partial charge is 0.317 e. The third-order valence-corrected chi connectivity index (χ3v) is 4.69. The minimum atomic E-state index is 0.0383. The van der Waals surface area contributed by atoms with Crippen LogP contribution in [-0.4, -0.2) is 61.2 Å². The van der Waals surface area contributed by atoms with Crippen molar-refractivity contribution in [3.8, 4) is 5.75 Å². The van der Waals surface area contributed by atoms with E-state index in [0.29, 0.717) is 6.54 Å². The van der Waals surface area contributed by atoms with Crippen molar-refractivity contribution in [2.24, 2.45) is 5.92 Å². The van der Waals surface area contributed by atoms with Crippen molar-refractivity contribution in [1.29, 1.82) is 0 Å². The van der Waals surface area contributed by atoms with Crippen molar-refractivity contribution in [3.63, 3.8) is 0 Å². The number of rotatable bonds is 5. The van der Waals surface area contributed by atoms with Crippen LogP contribution in [0.1, 0.15) is 19.8 Å². The first-order valence-corrected chi connectivity index (χ1v) is 8.67. The number of nitrogens with zero attached hydrogens (tertiary/aromatic N) is 2. The minimum absolute atomic E-state index is 0.0383. The zero-order chi connectivity index (χ0) is 16.1. The normalized spacial score (nSPS) is 24.8. The molecule has 2 aliphatic heterocycles. The molecule has 1 unspecified atom stereocenters. The highest BCUT2D eigenvalue weighted by atomic mass is 16.5. The van der Waals surface area contributed by atoms with Crippen LogP contribution in [0.15, 0.2) is 30.3 Å². The lowest BCUT2D eigenvalue weighted by molar-refractivity contribution is 0.186. The van der Waals surface area contributed by atoms with Gasteiger partial charge >= 0.3 is 6.03 Å². The minimum Gasteiger partial charge on any atom is -0.489 e. The Kier molecular flexibility index (Phi) is 5.39. The quantitative estimate of drug-likeness (QED) is 0.905. The molecule has 2 saturated heterocycles. The van der Waals surface area contributed by atoms with E-state index in [1.165, 1.54) is 6.42 Å². The second kappa shape index (κ2) is 7.68. The number of hydrogen-bond acceptors (Lipinski definition) is 3. The van der Waals surface area contributed by atoms with Gasteiger partial charge in [0.05, 0.1) is 6.54 Å². The Labute approximate surface area is 138 Å². The van der Waals surface area contributed by atoms with Crippen LogP contribution < -0.4 is 10.1 Å². The van der Waals surface area contributed by atoms with Crippen LogP contribution in [0.25, 0.3) is 0 Å². The maximum atomic E-state index is 12.2. The predicted molar refractivity (Wildman–Crippen MR) is 90.7 cm³/mol. The third-order valence-electron chi connectivity index (χ3n) is 4.69. The van der Waals surface area contributed by atoms with Gasteiger partial charge in [0.15, 0.2) is 0 Å². The summed E-state index contributed by atoms with van der Waals surface area (Å²) in [4.78, 5) is 16.5. The Morgan fingerprint density at radius 2 is 2.04 bits per heavy atom. The summed E-state index contributed by atoms with van der Waals surface area (Å²) < 4.78 is 5.92. The maximum absolute atomic E-state index is 12.2. The van der Waals surface area contributed by atoms with Gasteiger partial charge in [0.1, 0.15) is 11.9 Å². The van der Waals surface area contributed by atoms with Gasteiger partial charge in [-0.05, 0) is 31.0 Å². The summed E-state index contributed by atoms with van der Waals surface area (Å²) in [6.45, 7) is 7.72. The second-order valence-electron chi connectivity index (χ2n) is 6.71. The van der Waals surface area contributed by atoms with E-state index < -0.39 is 0 Å². The first-order chi connectivity index (χ1) is 11.2. The van der Waals surface area contributed by atoms with Crippen molar-refractivity contribution in [3.05, 3.63) is 30.3 Å². The molecule has 126 valence electrons. The largest absolute Gasteiger partial charge is 0.489 e. The summed E-state index contributed by atoms with van der Waals surface area (Å²) in [6.07, 6.45) is 2.27. The molecule has 0 aliphatic carbocycles. The van der Waals surface area contributed by atoms with Crippen LogP contribution in [0.3, 0.4) is 0 Å². The molecular weight excluding hydrogens is 290 g/mol. The molecule has 1 aromatic carbocycles. The van der Waals surface area contributed by atoms with Gasteiger partial charge in [-0.25, -0.2) is 4.79 Å². The molecule has 0 radical (unpaired) electrons. The van der Waals surface area contributed by atoms with E-state index in [0.717, 1.165) is 50.8 Å². The molecule has 5 heteroatoms. The SMILES string of the molecule is CC1CCN(CCNC(=O)N2CC[C@H](Oc3ccccc3)C2)C1. The molecular formula is C18H27N3O2. The number of ether oxygens (including phenoxy) is 1. The fourth-order valence-electron chi connectivity index (χ4n) is 3.36. The number of carbonyl (C=O) groups excluding carboxylic acids is 1. The summed E-state index contributed by atoms with van der Waals surface area (Å²) in [5, 5.41) is 3.04. The molecule has 2 aliphatic rings. The number of urea groups is 1. The topological polar surface area (TPSA) is 44.8 Å². The number of nitrogens with one attached hydrogen (secondary N) is 1. The van der Waals surface area contributed by atoms with Gasteiger partial charge < -0.3 is 19.9 Å². The highest BCUT2D eigenvalue weighted by molar-refractivity contribution is 5.74. The monoisotopic (exact) mass is 317 g/mol. The van der Waals surface area contributed by atoms with Crippen LogP contribution in [0.5, 0.6) is 5.75 Å². The van der Waals surface area contributed by atoms with Crippen LogP contribution in [-0.2, 0) is 0 Å². The van der Waals surface area contributed by atoms with E-state index in [1.807, 2.05) is 35.2 Å². The number of carbonyl (C=O) groups is 1. The summed E-state index contributed by atoms with van der Waals surface area (Å²) >= 11 is 0. The average Bonchev–Trinajstić information content (AvgIpc) is 3.18. The molecule has 0 spiro atoms. The lowest BCUT2D eigenvalue weighted by Crippen LogP contribution is -2.42. The fourth-order valence-corrected chi connectivity index (χ4v) is 3.36. The molecule has 2 fully saturated rings. The molecule has 3 rings (SSSR count). The summed E-state index contributed by atoms with van der Waals surface area (Å²) in [7, 11) is 0. The first-order valence-electron chi connectivity index (χ1n) is 8.67. The lowest BCUT2D eigenvalue weighted by Gasteiger charge is -2.20. The lowest BCUT2D eigenvalue weighted by atomic mass is 10.2. The first kappa shape index (κ1) is 16.1. The van der Waals surface area contributed by atoms with E-state index in [2.05, 4.69) is 17.1 Å². The number of amides is 2.